The van der Waals surface area contributed by atoms with Gasteiger partial charge in [-0.05, 0) is 36.8 Å². The van der Waals surface area contributed by atoms with Gasteiger partial charge in [-0.1, -0.05) is 56.1 Å². The van der Waals surface area contributed by atoms with Crippen LogP contribution in [-0.4, -0.2) is 18.4 Å². The van der Waals surface area contributed by atoms with E-state index in [1.807, 2.05) is 37.3 Å². The average molecular weight is 440 g/mol. The van der Waals surface area contributed by atoms with Gasteiger partial charge < -0.3 is 10.6 Å². The molecular formula is C17H16Br2N2O2. The lowest BCUT2D eigenvalue weighted by molar-refractivity contribution is -0.120. The molecule has 120 valence electrons. The first-order valence-electron chi connectivity index (χ1n) is 7.05. The third-order valence-electron chi connectivity index (χ3n) is 3.25. The van der Waals surface area contributed by atoms with Gasteiger partial charge in [-0.2, -0.15) is 0 Å². The molecule has 0 radical (unpaired) electrons. The van der Waals surface area contributed by atoms with Crippen LogP contribution in [0.3, 0.4) is 0 Å². The van der Waals surface area contributed by atoms with Crippen molar-refractivity contribution in [1.29, 1.82) is 0 Å². The van der Waals surface area contributed by atoms with E-state index >= 15 is 0 Å². The van der Waals surface area contributed by atoms with E-state index in [1.54, 1.807) is 18.2 Å². The second kappa shape index (κ2) is 8.26. The summed E-state index contributed by atoms with van der Waals surface area (Å²) in [6.45, 7) is 1.83. The molecule has 0 aliphatic heterocycles. The number of carbonyl (C=O) groups is 2. The highest BCUT2D eigenvalue weighted by atomic mass is 79.9. The van der Waals surface area contributed by atoms with Crippen molar-refractivity contribution in [1.82, 2.24) is 10.6 Å². The molecule has 1 atom stereocenters. The summed E-state index contributed by atoms with van der Waals surface area (Å²) in [6.07, 6.45) is 0. The molecule has 23 heavy (non-hydrogen) atoms. The Bertz CT molecular complexity index is 719. The van der Waals surface area contributed by atoms with Crippen molar-refractivity contribution in [3.05, 3.63) is 68.6 Å². The van der Waals surface area contributed by atoms with Crippen LogP contribution in [0.25, 0.3) is 0 Å². The minimum absolute atomic E-state index is 0.0693. The van der Waals surface area contributed by atoms with Crippen molar-refractivity contribution in [3.63, 3.8) is 0 Å². The average Bonchev–Trinajstić information content (AvgIpc) is 2.53. The minimum Gasteiger partial charge on any atom is -0.348 e. The number of halogens is 2. The lowest BCUT2D eigenvalue weighted by Gasteiger charge is -2.16. The van der Waals surface area contributed by atoms with Gasteiger partial charge in [-0.15, -0.1) is 0 Å². The van der Waals surface area contributed by atoms with Crippen LogP contribution < -0.4 is 10.6 Å². The third-order valence-corrected chi connectivity index (χ3v) is 4.46. The van der Waals surface area contributed by atoms with Gasteiger partial charge in [0, 0.05) is 14.5 Å². The predicted molar refractivity (Wildman–Crippen MR) is 97.2 cm³/mol. The van der Waals surface area contributed by atoms with E-state index in [4.69, 9.17) is 0 Å². The summed E-state index contributed by atoms with van der Waals surface area (Å²) < 4.78 is 1.75. The highest BCUT2D eigenvalue weighted by molar-refractivity contribution is 9.10. The van der Waals surface area contributed by atoms with E-state index in [2.05, 4.69) is 42.5 Å². The van der Waals surface area contributed by atoms with Gasteiger partial charge in [0.15, 0.2) is 0 Å². The first kappa shape index (κ1) is 17.7. The van der Waals surface area contributed by atoms with Crippen LogP contribution in [-0.2, 0) is 4.79 Å². The van der Waals surface area contributed by atoms with Gasteiger partial charge in [-0.25, -0.2) is 0 Å². The Balaban J connectivity index is 1.88. The molecule has 0 heterocycles. The molecule has 2 N–H and O–H groups in total. The fourth-order valence-corrected chi connectivity index (χ4v) is 3.12. The monoisotopic (exact) mass is 438 g/mol. The molecule has 6 heteroatoms. The summed E-state index contributed by atoms with van der Waals surface area (Å²) in [7, 11) is 0. The zero-order valence-corrected chi connectivity index (χ0v) is 15.6. The number of hydrogen-bond donors (Lipinski definition) is 2. The standard InChI is InChI=1S/C17H16Br2N2O2/c1-11(14-7-2-3-8-15(14)19)21-16(22)10-20-17(23)12-5-4-6-13(18)9-12/h2-9,11H,10H2,1H3,(H,20,23)(H,21,22). The minimum atomic E-state index is -0.282. The van der Waals surface area contributed by atoms with Gasteiger partial charge in [0.25, 0.3) is 5.91 Å². The van der Waals surface area contributed by atoms with Gasteiger partial charge in [0.2, 0.25) is 5.91 Å². The van der Waals surface area contributed by atoms with Crippen LogP contribution in [0, 0.1) is 0 Å². The van der Waals surface area contributed by atoms with Crippen LogP contribution in [0.15, 0.2) is 57.5 Å². The first-order valence-corrected chi connectivity index (χ1v) is 8.63. The van der Waals surface area contributed by atoms with Crippen LogP contribution in [0.4, 0.5) is 0 Å². The van der Waals surface area contributed by atoms with Crippen LogP contribution in [0.1, 0.15) is 28.9 Å². The molecule has 0 aliphatic carbocycles. The van der Waals surface area contributed by atoms with Crippen molar-refractivity contribution >= 4 is 43.7 Å². The Labute approximate surface area is 151 Å². The van der Waals surface area contributed by atoms with E-state index in [9.17, 15) is 9.59 Å². The SMILES string of the molecule is CC(NC(=O)CNC(=O)c1cccc(Br)c1)c1ccccc1Br. The predicted octanol–water partition coefficient (Wildman–Crippen LogP) is 3.82. The molecule has 4 nitrogen and oxygen atoms in total. The van der Waals surface area contributed by atoms with Crippen LogP contribution in [0.5, 0.6) is 0 Å². The highest BCUT2D eigenvalue weighted by Gasteiger charge is 2.13. The van der Waals surface area contributed by atoms with Gasteiger partial charge in [0.05, 0.1) is 12.6 Å². The summed E-state index contributed by atoms with van der Waals surface area (Å²) in [5, 5.41) is 5.48. The van der Waals surface area contributed by atoms with E-state index in [1.165, 1.54) is 0 Å². The quantitative estimate of drug-likeness (QED) is 0.743. The number of benzene rings is 2. The zero-order chi connectivity index (χ0) is 16.8. The second-order valence-electron chi connectivity index (χ2n) is 5.00. The number of carbonyl (C=O) groups excluding carboxylic acids is 2. The normalized spacial score (nSPS) is 11.6. The molecule has 0 fully saturated rings. The van der Waals surface area contributed by atoms with Gasteiger partial charge in [-0.3, -0.25) is 9.59 Å². The smallest absolute Gasteiger partial charge is 0.251 e. The molecule has 2 aromatic carbocycles. The molecule has 1 unspecified atom stereocenters. The van der Waals surface area contributed by atoms with Gasteiger partial charge >= 0.3 is 0 Å². The Morgan fingerprint density at radius 2 is 1.83 bits per heavy atom. The molecule has 0 bridgehead atoms. The van der Waals surface area contributed by atoms with Crippen molar-refractivity contribution in [2.75, 3.05) is 6.54 Å². The molecule has 2 aromatic rings. The van der Waals surface area contributed by atoms with Crippen LogP contribution in [0.2, 0.25) is 0 Å². The topological polar surface area (TPSA) is 58.2 Å². The molecule has 0 spiro atoms. The van der Waals surface area contributed by atoms with E-state index in [-0.39, 0.29) is 24.4 Å². The molecule has 0 aliphatic rings. The fourth-order valence-electron chi connectivity index (χ4n) is 2.09. The maximum atomic E-state index is 12.0. The molecule has 2 rings (SSSR count). The van der Waals surface area contributed by atoms with Crippen LogP contribution >= 0.6 is 31.9 Å². The Morgan fingerprint density at radius 1 is 1.09 bits per heavy atom. The lowest BCUT2D eigenvalue weighted by atomic mass is 10.1. The number of amides is 2. The number of rotatable bonds is 5. The maximum Gasteiger partial charge on any atom is 0.251 e. The van der Waals surface area contributed by atoms with Gasteiger partial charge in [0.1, 0.15) is 0 Å². The highest BCUT2D eigenvalue weighted by Crippen LogP contribution is 2.22. The zero-order valence-electron chi connectivity index (χ0n) is 12.5. The Morgan fingerprint density at radius 3 is 2.52 bits per heavy atom. The number of nitrogens with one attached hydrogen (secondary N) is 2. The Kier molecular flexibility index (Phi) is 6.36. The summed E-state index contributed by atoms with van der Waals surface area (Å²) in [5.41, 5.74) is 1.49. The lowest BCUT2D eigenvalue weighted by Crippen LogP contribution is -2.38. The fraction of sp³-hybridized carbons (Fsp3) is 0.176. The van der Waals surface area contributed by atoms with Crippen molar-refractivity contribution in [3.8, 4) is 0 Å². The van der Waals surface area contributed by atoms with E-state index < -0.39 is 0 Å². The molecular weight excluding hydrogens is 424 g/mol. The summed E-state index contributed by atoms with van der Waals surface area (Å²) in [5.74, 6) is -0.522. The van der Waals surface area contributed by atoms with Crippen molar-refractivity contribution in [2.45, 2.75) is 13.0 Å². The molecule has 2 amide bonds. The maximum absolute atomic E-state index is 12.0. The molecule has 0 saturated heterocycles. The van der Waals surface area contributed by atoms with E-state index in [0.717, 1.165) is 14.5 Å². The third kappa shape index (κ3) is 5.18. The van der Waals surface area contributed by atoms with Crippen molar-refractivity contribution < 1.29 is 9.59 Å². The number of hydrogen-bond acceptors (Lipinski definition) is 2. The van der Waals surface area contributed by atoms with E-state index in [0.29, 0.717) is 5.56 Å². The second-order valence-corrected chi connectivity index (χ2v) is 6.77. The van der Waals surface area contributed by atoms with Crippen molar-refractivity contribution in [2.24, 2.45) is 0 Å². The first-order chi connectivity index (χ1) is 11.0. The molecule has 0 saturated carbocycles. The molecule has 0 aromatic heterocycles. The summed E-state index contributed by atoms with van der Waals surface area (Å²) in [6, 6.07) is 14.6. The summed E-state index contributed by atoms with van der Waals surface area (Å²) in [4.78, 5) is 24.0. The largest absolute Gasteiger partial charge is 0.348 e. The Hall–Kier alpha value is -1.66. The summed E-state index contributed by atoms with van der Waals surface area (Å²) >= 11 is 6.77.